The zero-order chi connectivity index (χ0) is 16.4. The van der Waals surface area contributed by atoms with Gasteiger partial charge in [0.05, 0.1) is 0 Å². The lowest BCUT2D eigenvalue weighted by Gasteiger charge is -2.54. The summed E-state index contributed by atoms with van der Waals surface area (Å²) in [7, 11) is 0. The van der Waals surface area contributed by atoms with Crippen LogP contribution in [0, 0.1) is 17.8 Å². The van der Waals surface area contributed by atoms with Crippen molar-refractivity contribution >= 4 is 22.2 Å². The number of ether oxygens (including phenoxy) is 1. The molecule has 1 saturated carbocycles. The second-order valence-corrected chi connectivity index (χ2v) is 8.72. The molecule has 25 heavy (non-hydrogen) atoms. The predicted molar refractivity (Wildman–Crippen MR) is 97.8 cm³/mol. The van der Waals surface area contributed by atoms with Gasteiger partial charge in [0.15, 0.2) is 5.01 Å². The maximum atomic E-state index is 6.40. The summed E-state index contributed by atoms with van der Waals surface area (Å²) in [5.74, 6) is 2.24. The lowest BCUT2D eigenvalue weighted by Crippen LogP contribution is -2.61. The van der Waals surface area contributed by atoms with E-state index >= 15 is 0 Å². The first-order valence-electron chi connectivity index (χ1n) is 9.12. The molecule has 2 aromatic heterocycles. The number of nitrogens with one attached hydrogen (secondary N) is 1. The highest BCUT2D eigenvalue weighted by molar-refractivity contribution is 7.16. The van der Waals surface area contributed by atoms with Gasteiger partial charge in [-0.3, -0.25) is 0 Å². The van der Waals surface area contributed by atoms with E-state index in [2.05, 4.69) is 44.3 Å². The van der Waals surface area contributed by atoms with Crippen LogP contribution in [0.5, 0.6) is 5.19 Å². The molecule has 1 N–H and O–H groups in total. The monoisotopic (exact) mass is 352 g/mol. The van der Waals surface area contributed by atoms with Gasteiger partial charge in [-0.2, -0.15) is 0 Å². The molecular formula is C19H20N4OS. The van der Waals surface area contributed by atoms with Crippen LogP contribution in [0.3, 0.4) is 0 Å². The average molecular weight is 352 g/mol. The Bertz CT molecular complexity index is 904. The number of nitrogens with zero attached hydrogens (tertiary/aromatic N) is 3. The van der Waals surface area contributed by atoms with E-state index in [9.17, 15) is 0 Å². The SMILES string of the molecule is c1cc(-c2nnc(OC3C4CC5CC3CN(C5)C4)s2)c2cc[nH]c2c1. The van der Waals surface area contributed by atoms with Crippen molar-refractivity contribution in [1.29, 1.82) is 0 Å². The van der Waals surface area contributed by atoms with E-state index in [0.29, 0.717) is 17.9 Å². The highest BCUT2D eigenvalue weighted by Gasteiger charge is 2.49. The topological polar surface area (TPSA) is 54.0 Å². The van der Waals surface area contributed by atoms with Gasteiger partial charge in [0.1, 0.15) is 6.10 Å². The Hall–Kier alpha value is -1.92. The minimum absolute atomic E-state index is 0.330. The molecule has 128 valence electrons. The van der Waals surface area contributed by atoms with Gasteiger partial charge in [-0.1, -0.05) is 28.6 Å². The molecule has 1 aromatic carbocycles. The van der Waals surface area contributed by atoms with Crippen LogP contribution in [0.15, 0.2) is 30.5 Å². The van der Waals surface area contributed by atoms with Gasteiger partial charge in [-0.15, -0.1) is 5.10 Å². The number of aromatic amines is 1. The van der Waals surface area contributed by atoms with E-state index in [0.717, 1.165) is 27.2 Å². The summed E-state index contributed by atoms with van der Waals surface area (Å²) in [5, 5.41) is 11.6. The van der Waals surface area contributed by atoms with Crippen molar-refractivity contribution in [3.63, 3.8) is 0 Å². The average Bonchev–Trinajstić information content (AvgIpc) is 3.26. The Balaban J connectivity index is 1.28. The Morgan fingerprint density at radius 1 is 1.08 bits per heavy atom. The van der Waals surface area contributed by atoms with E-state index in [1.165, 1.54) is 37.9 Å². The number of benzene rings is 1. The molecule has 0 radical (unpaired) electrons. The molecule has 5 heterocycles. The molecule has 3 aliphatic heterocycles. The number of fused-ring (bicyclic) bond motifs is 1. The van der Waals surface area contributed by atoms with Crippen molar-refractivity contribution in [3.05, 3.63) is 30.5 Å². The minimum Gasteiger partial charge on any atom is -0.465 e. The van der Waals surface area contributed by atoms with Crippen LogP contribution < -0.4 is 4.74 Å². The first-order chi connectivity index (χ1) is 12.3. The molecule has 0 amide bonds. The van der Waals surface area contributed by atoms with Gasteiger partial charge in [0.2, 0.25) is 0 Å². The molecule has 4 bridgehead atoms. The van der Waals surface area contributed by atoms with Gasteiger partial charge < -0.3 is 14.6 Å². The molecule has 6 heteroatoms. The smallest absolute Gasteiger partial charge is 0.294 e. The number of H-pyrrole nitrogens is 1. The molecule has 5 nitrogen and oxygen atoms in total. The predicted octanol–water partition coefficient (Wildman–Crippen LogP) is 3.41. The summed E-state index contributed by atoms with van der Waals surface area (Å²) >= 11 is 1.58. The van der Waals surface area contributed by atoms with Crippen LogP contribution in [0.25, 0.3) is 21.5 Å². The fourth-order valence-electron chi connectivity index (χ4n) is 5.31. The van der Waals surface area contributed by atoms with Gasteiger partial charge in [-0.05, 0) is 30.9 Å². The molecule has 3 saturated heterocycles. The molecule has 4 fully saturated rings. The number of piperidine rings is 3. The highest BCUT2D eigenvalue weighted by atomic mass is 32.1. The second-order valence-electron chi connectivity index (χ2n) is 7.78. The molecule has 2 unspecified atom stereocenters. The second kappa shape index (κ2) is 5.29. The van der Waals surface area contributed by atoms with Crippen molar-refractivity contribution in [2.45, 2.75) is 18.9 Å². The number of hydrogen-bond donors (Lipinski definition) is 1. The summed E-state index contributed by atoms with van der Waals surface area (Å²) in [6, 6.07) is 8.35. The standard InChI is InChI=1S/C19H20N4OS/c1-2-15(14-4-5-20-16(14)3-1)18-21-22-19(25-18)24-17-12-6-11-7-13(17)10-23(8-11)9-12/h1-5,11-13,17,20H,6-10H2. The van der Waals surface area contributed by atoms with Crippen LogP contribution in [-0.4, -0.2) is 45.8 Å². The first kappa shape index (κ1) is 14.3. The highest BCUT2D eigenvalue weighted by Crippen LogP contribution is 2.45. The number of rotatable bonds is 3. The summed E-state index contributed by atoms with van der Waals surface area (Å²) in [5.41, 5.74) is 2.26. The molecule has 0 spiro atoms. The lowest BCUT2D eigenvalue weighted by atomic mass is 9.66. The van der Waals surface area contributed by atoms with E-state index in [1.807, 2.05) is 6.20 Å². The summed E-state index contributed by atoms with van der Waals surface area (Å²) in [6.45, 7) is 3.71. The fourth-order valence-corrected chi connectivity index (χ4v) is 6.09. The fraction of sp³-hybridized carbons (Fsp3) is 0.474. The zero-order valence-corrected chi connectivity index (χ0v) is 14.7. The van der Waals surface area contributed by atoms with Crippen molar-refractivity contribution in [3.8, 4) is 15.8 Å². The Labute approximate surface area is 150 Å². The van der Waals surface area contributed by atoms with Crippen molar-refractivity contribution in [2.24, 2.45) is 17.8 Å². The lowest BCUT2D eigenvalue weighted by molar-refractivity contribution is -0.0986. The Kier molecular flexibility index (Phi) is 3.02. The Morgan fingerprint density at radius 3 is 2.80 bits per heavy atom. The first-order valence-corrected chi connectivity index (χ1v) is 9.94. The number of hydrogen-bond acceptors (Lipinski definition) is 5. The van der Waals surface area contributed by atoms with Crippen LogP contribution in [0.2, 0.25) is 0 Å². The molecular weight excluding hydrogens is 332 g/mol. The zero-order valence-electron chi connectivity index (χ0n) is 13.9. The quantitative estimate of drug-likeness (QED) is 0.785. The largest absolute Gasteiger partial charge is 0.465 e. The van der Waals surface area contributed by atoms with Crippen LogP contribution in [-0.2, 0) is 0 Å². The van der Waals surface area contributed by atoms with Gasteiger partial charge in [0, 0.05) is 54.1 Å². The normalized spacial score (nSPS) is 33.2. The maximum absolute atomic E-state index is 6.40. The van der Waals surface area contributed by atoms with E-state index < -0.39 is 0 Å². The van der Waals surface area contributed by atoms with Crippen LogP contribution in [0.1, 0.15) is 12.8 Å². The third-order valence-electron chi connectivity index (χ3n) is 6.17. The maximum Gasteiger partial charge on any atom is 0.294 e. The minimum atomic E-state index is 0.330. The third kappa shape index (κ3) is 2.24. The summed E-state index contributed by atoms with van der Waals surface area (Å²) in [4.78, 5) is 5.89. The van der Waals surface area contributed by atoms with Gasteiger partial charge >= 0.3 is 0 Å². The van der Waals surface area contributed by atoms with Crippen molar-refractivity contribution < 1.29 is 4.74 Å². The molecule has 7 rings (SSSR count). The van der Waals surface area contributed by atoms with Gasteiger partial charge in [0.25, 0.3) is 5.19 Å². The van der Waals surface area contributed by atoms with Crippen LogP contribution in [0.4, 0.5) is 0 Å². The molecule has 1 aliphatic carbocycles. The van der Waals surface area contributed by atoms with Gasteiger partial charge in [-0.25, -0.2) is 0 Å². The Morgan fingerprint density at radius 2 is 1.96 bits per heavy atom. The molecule has 4 aliphatic rings. The van der Waals surface area contributed by atoms with Crippen LogP contribution >= 0.6 is 11.3 Å². The number of aromatic nitrogens is 3. The van der Waals surface area contributed by atoms with E-state index in [-0.39, 0.29) is 0 Å². The van der Waals surface area contributed by atoms with Crippen molar-refractivity contribution in [2.75, 3.05) is 19.6 Å². The molecule has 2 atom stereocenters. The summed E-state index contributed by atoms with van der Waals surface area (Å²) < 4.78 is 6.40. The summed E-state index contributed by atoms with van der Waals surface area (Å²) in [6.07, 6.45) is 4.95. The third-order valence-corrected chi connectivity index (χ3v) is 7.02. The van der Waals surface area contributed by atoms with E-state index in [1.54, 1.807) is 11.3 Å². The van der Waals surface area contributed by atoms with Crippen molar-refractivity contribution in [1.82, 2.24) is 20.1 Å². The van der Waals surface area contributed by atoms with E-state index in [4.69, 9.17) is 4.74 Å². The molecule has 3 aromatic rings.